The molecule has 0 spiro atoms. The second-order valence-corrected chi connectivity index (χ2v) is 3.63. The third-order valence-corrected chi connectivity index (χ3v) is 2.39. The zero-order valence-electron chi connectivity index (χ0n) is 9.25. The van der Waals surface area contributed by atoms with Crippen LogP contribution in [0.25, 0.3) is 0 Å². The van der Waals surface area contributed by atoms with E-state index in [2.05, 4.69) is 4.98 Å². The molecule has 0 amide bonds. The average molecular weight is 226 g/mol. The van der Waals surface area contributed by atoms with E-state index >= 15 is 0 Å². The summed E-state index contributed by atoms with van der Waals surface area (Å²) in [5.41, 5.74) is 0.860. The molecule has 0 aliphatic heterocycles. The molecule has 0 saturated carbocycles. The van der Waals surface area contributed by atoms with Crippen molar-refractivity contribution in [1.82, 2.24) is 4.98 Å². The predicted molar refractivity (Wildman–Crippen MR) is 60.4 cm³/mol. The molecule has 2 aromatic heterocycles. The number of hydrogen-bond acceptors (Lipinski definition) is 4. The molecule has 1 atom stereocenters. The smallest absolute Gasteiger partial charge is 0.189 e. The summed E-state index contributed by atoms with van der Waals surface area (Å²) in [6.45, 7) is 1.75. The fourth-order valence-electron chi connectivity index (χ4n) is 1.55. The first-order chi connectivity index (χ1) is 8.22. The van der Waals surface area contributed by atoms with Crippen LogP contribution >= 0.6 is 0 Å². The number of pyridine rings is 1. The van der Waals surface area contributed by atoms with Crippen molar-refractivity contribution in [2.24, 2.45) is 0 Å². The molecule has 4 nitrogen and oxygen atoms in total. The minimum atomic E-state index is -0.881. The van der Waals surface area contributed by atoms with Crippen LogP contribution in [0, 0.1) is 18.3 Å². The van der Waals surface area contributed by atoms with Gasteiger partial charge in [-0.1, -0.05) is 6.07 Å². The number of rotatable bonds is 3. The number of Topliss-reactive ketones (excluding diaryl/α,β-unsaturated/α-hetero) is 1. The molecule has 0 N–H and O–H groups in total. The highest BCUT2D eigenvalue weighted by molar-refractivity contribution is 6.02. The SMILES string of the molecule is Cc1cc(C(=O)C(C#N)c2ccccn2)co1. The second kappa shape index (κ2) is 4.62. The van der Waals surface area contributed by atoms with E-state index in [0.717, 1.165) is 0 Å². The van der Waals surface area contributed by atoms with Crippen LogP contribution in [-0.4, -0.2) is 10.8 Å². The summed E-state index contributed by atoms with van der Waals surface area (Å²) in [6, 6.07) is 8.75. The molecule has 1 unspecified atom stereocenters. The minimum Gasteiger partial charge on any atom is -0.469 e. The minimum absolute atomic E-state index is 0.289. The zero-order valence-corrected chi connectivity index (χ0v) is 9.25. The highest BCUT2D eigenvalue weighted by atomic mass is 16.3. The summed E-state index contributed by atoms with van der Waals surface area (Å²) in [5, 5.41) is 9.08. The number of nitrogens with zero attached hydrogens (tertiary/aromatic N) is 2. The summed E-state index contributed by atoms with van der Waals surface area (Å²) < 4.78 is 5.07. The van der Waals surface area contributed by atoms with Crippen molar-refractivity contribution in [3.63, 3.8) is 0 Å². The van der Waals surface area contributed by atoms with E-state index in [9.17, 15) is 4.79 Å². The van der Waals surface area contributed by atoms with E-state index in [1.165, 1.54) is 6.26 Å². The van der Waals surface area contributed by atoms with Crippen LogP contribution < -0.4 is 0 Å². The number of furan rings is 1. The van der Waals surface area contributed by atoms with Gasteiger partial charge in [0, 0.05) is 6.20 Å². The van der Waals surface area contributed by atoms with Gasteiger partial charge in [0.2, 0.25) is 0 Å². The van der Waals surface area contributed by atoms with Gasteiger partial charge in [0.05, 0.1) is 17.3 Å². The molecular formula is C13H10N2O2. The molecule has 2 heterocycles. The molecule has 84 valence electrons. The Morgan fingerprint density at radius 1 is 1.53 bits per heavy atom. The Balaban J connectivity index is 2.32. The first-order valence-corrected chi connectivity index (χ1v) is 5.12. The summed E-state index contributed by atoms with van der Waals surface area (Å²) >= 11 is 0. The van der Waals surface area contributed by atoms with Crippen molar-refractivity contribution in [3.8, 4) is 6.07 Å². The van der Waals surface area contributed by atoms with Crippen LogP contribution in [0.15, 0.2) is 41.1 Å². The molecule has 2 aromatic rings. The van der Waals surface area contributed by atoms with E-state index in [1.54, 1.807) is 37.4 Å². The van der Waals surface area contributed by atoms with Crippen LogP contribution in [0.3, 0.4) is 0 Å². The van der Waals surface area contributed by atoms with Crippen LogP contribution in [0.2, 0.25) is 0 Å². The summed E-state index contributed by atoms with van der Waals surface area (Å²) in [4.78, 5) is 16.1. The number of ketones is 1. The van der Waals surface area contributed by atoms with Gasteiger partial charge in [-0.15, -0.1) is 0 Å². The Labute approximate surface area is 98.5 Å². The Morgan fingerprint density at radius 3 is 2.88 bits per heavy atom. The lowest BCUT2D eigenvalue weighted by Gasteiger charge is -2.04. The summed E-state index contributed by atoms with van der Waals surface area (Å²) in [7, 11) is 0. The standard InChI is InChI=1S/C13H10N2O2/c1-9-6-10(8-17-9)13(16)11(7-14)12-4-2-3-5-15-12/h2-6,8,11H,1H3. The number of hydrogen-bond donors (Lipinski definition) is 0. The van der Waals surface area contributed by atoms with E-state index < -0.39 is 5.92 Å². The zero-order chi connectivity index (χ0) is 12.3. The third-order valence-electron chi connectivity index (χ3n) is 2.39. The van der Waals surface area contributed by atoms with Gasteiger partial charge in [0.15, 0.2) is 11.7 Å². The van der Waals surface area contributed by atoms with Gasteiger partial charge < -0.3 is 4.42 Å². The highest BCUT2D eigenvalue weighted by Crippen LogP contribution is 2.19. The maximum atomic E-state index is 12.1. The molecule has 0 bridgehead atoms. The number of aryl methyl sites for hydroxylation is 1. The van der Waals surface area contributed by atoms with Crippen LogP contribution in [0.4, 0.5) is 0 Å². The van der Waals surface area contributed by atoms with Gasteiger partial charge in [-0.2, -0.15) is 5.26 Å². The fraction of sp³-hybridized carbons (Fsp3) is 0.154. The lowest BCUT2D eigenvalue weighted by molar-refractivity contribution is 0.0977. The normalized spacial score (nSPS) is 11.8. The van der Waals surface area contributed by atoms with E-state index in [-0.39, 0.29) is 5.78 Å². The molecule has 0 aromatic carbocycles. The highest BCUT2D eigenvalue weighted by Gasteiger charge is 2.23. The van der Waals surface area contributed by atoms with Crippen molar-refractivity contribution >= 4 is 5.78 Å². The van der Waals surface area contributed by atoms with Crippen LogP contribution in [0.5, 0.6) is 0 Å². The lowest BCUT2D eigenvalue weighted by atomic mass is 9.97. The topological polar surface area (TPSA) is 66.9 Å². The van der Waals surface area contributed by atoms with Gasteiger partial charge in [-0.25, -0.2) is 0 Å². The van der Waals surface area contributed by atoms with Gasteiger partial charge in [0.25, 0.3) is 0 Å². The van der Waals surface area contributed by atoms with Crippen molar-refractivity contribution in [3.05, 3.63) is 53.7 Å². The molecule has 0 aliphatic carbocycles. The first-order valence-electron chi connectivity index (χ1n) is 5.12. The van der Waals surface area contributed by atoms with Crippen LogP contribution in [0.1, 0.15) is 27.7 Å². The van der Waals surface area contributed by atoms with Crippen molar-refractivity contribution in [2.75, 3.05) is 0 Å². The Kier molecular flexibility index (Phi) is 3.01. The Bertz CT molecular complexity index is 567. The quantitative estimate of drug-likeness (QED) is 0.754. The third kappa shape index (κ3) is 2.23. The van der Waals surface area contributed by atoms with E-state index in [4.69, 9.17) is 9.68 Å². The molecule has 4 heteroatoms. The monoisotopic (exact) mass is 226 g/mol. The predicted octanol–water partition coefficient (Wildman–Crippen LogP) is 2.47. The maximum Gasteiger partial charge on any atom is 0.189 e. The molecule has 0 fully saturated rings. The van der Waals surface area contributed by atoms with Gasteiger partial charge in [0.1, 0.15) is 12.0 Å². The van der Waals surface area contributed by atoms with Gasteiger partial charge >= 0.3 is 0 Å². The second-order valence-electron chi connectivity index (χ2n) is 3.63. The van der Waals surface area contributed by atoms with Crippen LogP contribution in [-0.2, 0) is 0 Å². The van der Waals surface area contributed by atoms with Crippen molar-refractivity contribution in [2.45, 2.75) is 12.8 Å². The molecule has 0 aliphatic rings. The lowest BCUT2D eigenvalue weighted by Crippen LogP contribution is -2.11. The van der Waals surface area contributed by atoms with Gasteiger partial charge in [-0.05, 0) is 25.1 Å². The molecule has 0 saturated heterocycles. The molecule has 17 heavy (non-hydrogen) atoms. The van der Waals surface area contributed by atoms with E-state index in [1.807, 2.05) is 6.07 Å². The molecular weight excluding hydrogens is 216 g/mol. The van der Waals surface area contributed by atoms with E-state index in [0.29, 0.717) is 17.0 Å². The first kappa shape index (κ1) is 11.1. The summed E-state index contributed by atoms with van der Waals surface area (Å²) in [6.07, 6.45) is 2.93. The maximum absolute atomic E-state index is 12.1. The molecule has 0 radical (unpaired) electrons. The fourth-order valence-corrected chi connectivity index (χ4v) is 1.55. The number of carbonyl (C=O) groups is 1. The Hall–Kier alpha value is -2.41. The number of nitriles is 1. The number of carbonyl (C=O) groups excluding carboxylic acids is 1. The number of aromatic nitrogens is 1. The van der Waals surface area contributed by atoms with Crippen molar-refractivity contribution in [1.29, 1.82) is 5.26 Å². The van der Waals surface area contributed by atoms with Crippen molar-refractivity contribution < 1.29 is 9.21 Å². The van der Waals surface area contributed by atoms with Gasteiger partial charge in [-0.3, -0.25) is 9.78 Å². The average Bonchev–Trinajstić information content (AvgIpc) is 2.78. The Morgan fingerprint density at radius 2 is 2.35 bits per heavy atom. The molecule has 2 rings (SSSR count). The largest absolute Gasteiger partial charge is 0.469 e. The summed E-state index contributed by atoms with van der Waals surface area (Å²) in [5.74, 6) is -0.526.